The lowest BCUT2D eigenvalue weighted by Crippen LogP contribution is -1.95. The van der Waals surface area contributed by atoms with E-state index in [2.05, 4.69) is 21.0 Å². The molecule has 18 heavy (non-hydrogen) atoms. The minimum Gasteiger partial charge on any atom is -0.494 e. The molecule has 0 atom stereocenters. The maximum atomic E-state index is 13.7. The Hall–Kier alpha value is -1.87. The summed E-state index contributed by atoms with van der Waals surface area (Å²) in [5.74, 6) is -0.279. The molecule has 2 aromatic rings. The smallest absolute Gasteiger partial charge is 0.177 e. The summed E-state index contributed by atoms with van der Waals surface area (Å²) in [5.41, 5.74) is 1.54. The molecule has 0 radical (unpaired) electrons. The molecule has 2 rings (SSSR count). The van der Waals surface area contributed by atoms with Gasteiger partial charge in [-0.3, -0.25) is 4.68 Å². The number of aromatic nitrogens is 2. The SMILES string of the molecule is COc1ccc(-c2c(Br)c(C#N)nn2C)cc1F. The molecule has 0 aliphatic rings. The van der Waals surface area contributed by atoms with Gasteiger partial charge in [0.15, 0.2) is 17.3 Å². The van der Waals surface area contributed by atoms with Crippen molar-refractivity contribution in [2.75, 3.05) is 7.11 Å². The summed E-state index contributed by atoms with van der Waals surface area (Å²) in [6, 6.07) is 6.57. The number of hydrogen-bond donors (Lipinski definition) is 0. The molecule has 1 aromatic heterocycles. The molecular formula is C12H9BrFN3O. The predicted molar refractivity (Wildman–Crippen MR) is 67.6 cm³/mol. The number of aryl methyl sites for hydroxylation is 1. The molecule has 0 bridgehead atoms. The molecule has 0 amide bonds. The van der Waals surface area contributed by atoms with Gasteiger partial charge in [0.2, 0.25) is 0 Å². The third kappa shape index (κ3) is 1.97. The zero-order valence-electron chi connectivity index (χ0n) is 9.74. The van der Waals surface area contributed by atoms with Crippen molar-refractivity contribution in [1.29, 1.82) is 5.26 Å². The number of nitriles is 1. The normalized spacial score (nSPS) is 10.2. The zero-order chi connectivity index (χ0) is 13.3. The van der Waals surface area contributed by atoms with Gasteiger partial charge in [0.25, 0.3) is 0 Å². The van der Waals surface area contributed by atoms with Crippen molar-refractivity contribution in [1.82, 2.24) is 9.78 Å². The number of nitrogens with zero attached hydrogens (tertiary/aromatic N) is 3. The maximum absolute atomic E-state index is 13.7. The molecule has 4 nitrogen and oxygen atoms in total. The Balaban J connectivity index is 2.60. The molecule has 0 fully saturated rings. The first-order chi connectivity index (χ1) is 8.58. The minimum absolute atomic E-state index is 0.178. The highest BCUT2D eigenvalue weighted by atomic mass is 79.9. The second kappa shape index (κ2) is 4.78. The van der Waals surface area contributed by atoms with E-state index in [1.54, 1.807) is 13.1 Å². The lowest BCUT2D eigenvalue weighted by Gasteiger charge is -2.06. The summed E-state index contributed by atoms with van der Waals surface area (Å²) in [5, 5.41) is 12.9. The molecular weight excluding hydrogens is 301 g/mol. The standard InChI is InChI=1S/C12H9BrFN3O/c1-17-12(11(13)9(6-15)16-17)7-3-4-10(18-2)8(14)5-7/h3-5H,1-2H3. The van der Waals surface area contributed by atoms with E-state index in [1.165, 1.54) is 23.9 Å². The molecule has 0 spiro atoms. The van der Waals surface area contributed by atoms with Gasteiger partial charge in [-0.25, -0.2) is 4.39 Å². The first-order valence-corrected chi connectivity index (χ1v) is 5.84. The number of halogens is 2. The number of ether oxygens (including phenoxy) is 1. The van der Waals surface area contributed by atoms with Crippen LogP contribution in [-0.4, -0.2) is 16.9 Å². The number of hydrogen-bond acceptors (Lipinski definition) is 3. The average Bonchev–Trinajstić information content (AvgIpc) is 2.64. The number of benzene rings is 1. The topological polar surface area (TPSA) is 50.8 Å². The van der Waals surface area contributed by atoms with Crippen molar-refractivity contribution in [3.8, 4) is 23.1 Å². The lowest BCUT2D eigenvalue weighted by atomic mass is 10.1. The molecule has 0 unspecified atom stereocenters. The second-order valence-corrected chi connectivity index (χ2v) is 4.39. The first-order valence-electron chi connectivity index (χ1n) is 5.05. The minimum atomic E-state index is -0.457. The number of rotatable bonds is 2. The average molecular weight is 310 g/mol. The van der Waals surface area contributed by atoms with Crippen LogP contribution < -0.4 is 4.74 Å². The quantitative estimate of drug-likeness (QED) is 0.857. The summed E-state index contributed by atoms with van der Waals surface area (Å²) in [7, 11) is 3.11. The fraction of sp³-hybridized carbons (Fsp3) is 0.167. The number of methoxy groups -OCH3 is 1. The highest BCUT2D eigenvalue weighted by Gasteiger charge is 2.16. The molecule has 92 valence electrons. The van der Waals surface area contributed by atoms with Crippen LogP contribution in [0.5, 0.6) is 5.75 Å². The van der Waals surface area contributed by atoms with Crippen LogP contribution in [0.3, 0.4) is 0 Å². The van der Waals surface area contributed by atoms with E-state index in [4.69, 9.17) is 10.00 Å². The van der Waals surface area contributed by atoms with E-state index in [1.807, 2.05) is 6.07 Å². The van der Waals surface area contributed by atoms with E-state index >= 15 is 0 Å². The fourth-order valence-electron chi connectivity index (χ4n) is 1.70. The Bertz CT molecular complexity index is 646. The van der Waals surface area contributed by atoms with Crippen LogP contribution in [0.4, 0.5) is 4.39 Å². The first kappa shape index (κ1) is 12.6. The van der Waals surface area contributed by atoms with Gasteiger partial charge in [-0.15, -0.1) is 0 Å². The van der Waals surface area contributed by atoms with Gasteiger partial charge in [-0.2, -0.15) is 10.4 Å². The second-order valence-electron chi connectivity index (χ2n) is 3.60. The largest absolute Gasteiger partial charge is 0.494 e. The highest BCUT2D eigenvalue weighted by molar-refractivity contribution is 9.10. The highest BCUT2D eigenvalue weighted by Crippen LogP contribution is 2.32. The summed E-state index contributed by atoms with van der Waals surface area (Å²) in [6.07, 6.45) is 0. The van der Waals surface area contributed by atoms with Gasteiger partial charge in [-0.05, 0) is 34.1 Å². The van der Waals surface area contributed by atoms with E-state index in [0.29, 0.717) is 15.7 Å². The van der Waals surface area contributed by atoms with Crippen LogP contribution in [0.2, 0.25) is 0 Å². The molecule has 6 heteroatoms. The third-order valence-electron chi connectivity index (χ3n) is 2.52. The van der Waals surface area contributed by atoms with E-state index < -0.39 is 5.82 Å². The van der Waals surface area contributed by atoms with Crippen LogP contribution in [0.25, 0.3) is 11.3 Å². The Morgan fingerprint density at radius 3 is 2.72 bits per heavy atom. The van der Waals surface area contributed by atoms with Gasteiger partial charge in [0.05, 0.1) is 17.3 Å². The molecule has 0 saturated carbocycles. The monoisotopic (exact) mass is 309 g/mol. The van der Waals surface area contributed by atoms with Crippen molar-refractivity contribution in [2.24, 2.45) is 7.05 Å². The Morgan fingerprint density at radius 2 is 2.22 bits per heavy atom. The fourth-order valence-corrected chi connectivity index (χ4v) is 2.35. The predicted octanol–water partition coefficient (Wildman–Crippen LogP) is 2.87. The molecule has 0 aliphatic heterocycles. The van der Waals surface area contributed by atoms with Crippen molar-refractivity contribution in [3.63, 3.8) is 0 Å². The van der Waals surface area contributed by atoms with Crippen LogP contribution in [-0.2, 0) is 7.05 Å². The van der Waals surface area contributed by atoms with Crippen LogP contribution in [0.15, 0.2) is 22.7 Å². The lowest BCUT2D eigenvalue weighted by molar-refractivity contribution is 0.386. The van der Waals surface area contributed by atoms with Gasteiger partial charge < -0.3 is 4.74 Å². The summed E-state index contributed by atoms with van der Waals surface area (Å²) < 4.78 is 20.6. The Labute approximate surface area is 112 Å². The van der Waals surface area contributed by atoms with Gasteiger partial charge >= 0.3 is 0 Å². The van der Waals surface area contributed by atoms with Gasteiger partial charge in [0, 0.05) is 12.6 Å². The van der Waals surface area contributed by atoms with Crippen molar-refractivity contribution < 1.29 is 9.13 Å². The molecule has 0 N–H and O–H groups in total. The van der Waals surface area contributed by atoms with Crippen molar-refractivity contribution >= 4 is 15.9 Å². The Morgan fingerprint density at radius 1 is 1.50 bits per heavy atom. The van der Waals surface area contributed by atoms with E-state index in [0.717, 1.165) is 0 Å². The third-order valence-corrected chi connectivity index (χ3v) is 3.27. The Kier molecular flexibility index (Phi) is 3.34. The summed E-state index contributed by atoms with van der Waals surface area (Å²) >= 11 is 3.30. The van der Waals surface area contributed by atoms with Crippen LogP contribution in [0, 0.1) is 17.1 Å². The summed E-state index contributed by atoms with van der Waals surface area (Å²) in [4.78, 5) is 0. The molecule has 0 saturated heterocycles. The van der Waals surface area contributed by atoms with E-state index in [9.17, 15) is 4.39 Å². The van der Waals surface area contributed by atoms with Crippen LogP contribution in [0.1, 0.15) is 5.69 Å². The maximum Gasteiger partial charge on any atom is 0.177 e. The zero-order valence-corrected chi connectivity index (χ0v) is 11.3. The molecule has 1 aromatic carbocycles. The summed E-state index contributed by atoms with van der Waals surface area (Å²) in [6.45, 7) is 0. The molecule has 1 heterocycles. The van der Waals surface area contributed by atoms with Crippen molar-refractivity contribution in [3.05, 3.63) is 34.2 Å². The van der Waals surface area contributed by atoms with Crippen molar-refractivity contribution in [2.45, 2.75) is 0 Å². The molecule has 0 aliphatic carbocycles. The van der Waals surface area contributed by atoms with Gasteiger partial charge in [0.1, 0.15) is 6.07 Å². The van der Waals surface area contributed by atoms with Crippen LogP contribution >= 0.6 is 15.9 Å². The van der Waals surface area contributed by atoms with E-state index in [-0.39, 0.29) is 11.4 Å². The van der Waals surface area contributed by atoms with Gasteiger partial charge in [-0.1, -0.05) is 0 Å².